The van der Waals surface area contributed by atoms with Crippen LogP contribution in [0.1, 0.15) is 29.5 Å². The molecule has 29 heavy (non-hydrogen) atoms. The lowest BCUT2D eigenvalue weighted by Gasteiger charge is -2.16. The SMILES string of the molecule is CCC(OC(=O)c1ccc(-n2c(C)nnc2SC)cc1)C(=O)Nc1ccncc1. The fraction of sp³-hybridized carbons (Fsp3) is 0.250. The van der Waals surface area contributed by atoms with Crippen molar-refractivity contribution in [3.05, 3.63) is 60.2 Å². The number of ether oxygens (including phenoxy) is 1. The highest BCUT2D eigenvalue weighted by atomic mass is 32.2. The third kappa shape index (κ3) is 4.80. The van der Waals surface area contributed by atoms with Crippen molar-refractivity contribution in [3.8, 4) is 5.69 Å². The first kappa shape index (κ1) is 20.5. The monoisotopic (exact) mass is 411 g/mol. The summed E-state index contributed by atoms with van der Waals surface area (Å²) in [5.74, 6) is -0.184. The molecule has 2 heterocycles. The van der Waals surface area contributed by atoms with Crippen LogP contribution in [0.15, 0.2) is 53.9 Å². The fourth-order valence-corrected chi connectivity index (χ4v) is 3.24. The highest BCUT2D eigenvalue weighted by Gasteiger charge is 2.22. The van der Waals surface area contributed by atoms with E-state index in [0.29, 0.717) is 17.7 Å². The zero-order chi connectivity index (χ0) is 20.8. The Labute approximate surface area is 172 Å². The highest BCUT2D eigenvalue weighted by molar-refractivity contribution is 7.98. The van der Waals surface area contributed by atoms with Gasteiger partial charge >= 0.3 is 5.97 Å². The van der Waals surface area contributed by atoms with E-state index >= 15 is 0 Å². The van der Waals surface area contributed by atoms with Crippen LogP contribution in [0.2, 0.25) is 0 Å². The lowest BCUT2D eigenvalue weighted by Crippen LogP contribution is -2.32. The average Bonchev–Trinajstić information content (AvgIpc) is 3.13. The van der Waals surface area contributed by atoms with Gasteiger partial charge in [-0.25, -0.2) is 4.79 Å². The van der Waals surface area contributed by atoms with Gasteiger partial charge < -0.3 is 10.1 Å². The Hall–Kier alpha value is -3.20. The number of pyridine rings is 1. The number of hydrogen-bond acceptors (Lipinski definition) is 7. The van der Waals surface area contributed by atoms with Crippen LogP contribution in [0.5, 0.6) is 0 Å². The molecule has 0 saturated heterocycles. The summed E-state index contributed by atoms with van der Waals surface area (Å²) in [5.41, 5.74) is 1.80. The Balaban J connectivity index is 1.69. The summed E-state index contributed by atoms with van der Waals surface area (Å²) in [6.07, 6.45) is 4.54. The van der Waals surface area contributed by atoms with E-state index in [1.54, 1.807) is 55.7 Å². The maximum absolute atomic E-state index is 12.5. The summed E-state index contributed by atoms with van der Waals surface area (Å²) in [7, 11) is 0. The molecule has 9 heteroatoms. The molecule has 3 aromatic rings. The third-order valence-corrected chi connectivity index (χ3v) is 4.83. The normalized spacial score (nSPS) is 11.7. The number of esters is 1. The first-order valence-electron chi connectivity index (χ1n) is 9.01. The van der Waals surface area contributed by atoms with Crippen LogP contribution in [-0.4, -0.2) is 44.0 Å². The molecule has 1 N–H and O–H groups in total. The predicted molar refractivity (Wildman–Crippen MR) is 110 cm³/mol. The lowest BCUT2D eigenvalue weighted by atomic mass is 10.2. The zero-order valence-electron chi connectivity index (χ0n) is 16.3. The van der Waals surface area contributed by atoms with Crippen LogP contribution < -0.4 is 5.32 Å². The lowest BCUT2D eigenvalue weighted by molar-refractivity contribution is -0.124. The summed E-state index contributed by atoms with van der Waals surface area (Å²) in [6, 6.07) is 10.3. The molecule has 8 nitrogen and oxygen atoms in total. The summed E-state index contributed by atoms with van der Waals surface area (Å²) in [4.78, 5) is 28.8. The average molecular weight is 411 g/mol. The molecular weight excluding hydrogens is 390 g/mol. The molecule has 0 radical (unpaired) electrons. The van der Waals surface area contributed by atoms with E-state index in [0.717, 1.165) is 16.7 Å². The van der Waals surface area contributed by atoms with E-state index in [-0.39, 0.29) is 5.91 Å². The summed E-state index contributed by atoms with van der Waals surface area (Å²) < 4.78 is 7.32. The Morgan fingerprint density at radius 3 is 2.45 bits per heavy atom. The summed E-state index contributed by atoms with van der Waals surface area (Å²) in [5, 5.41) is 11.7. The van der Waals surface area contributed by atoms with Gasteiger partial charge in [0.15, 0.2) is 11.3 Å². The smallest absolute Gasteiger partial charge is 0.338 e. The number of thioether (sulfide) groups is 1. The van der Waals surface area contributed by atoms with Gasteiger partial charge in [0.1, 0.15) is 5.82 Å². The van der Waals surface area contributed by atoms with Gasteiger partial charge in [-0.05, 0) is 56.0 Å². The minimum Gasteiger partial charge on any atom is -0.449 e. The van der Waals surface area contributed by atoms with Crippen LogP contribution >= 0.6 is 11.8 Å². The molecule has 1 atom stereocenters. The van der Waals surface area contributed by atoms with E-state index in [1.807, 2.05) is 17.7 Å². The second-order valence-corrected chi connectivity index (χ2v) is 6.92. The van der Waals surface area contributed by atoms with Crippen molar-refractivity contribution in [2.24, 2.45) is 0 Å². The fourth-order valence-electron chi connectivity index (χ4n) is 2.70. The minimum atomic E-state index is -0.890. The highest BCUT2D eigenvalue weighted by Crippen LogP contribution is 2.20. The molecule has 0 aliphatic carbocycles. The van der Waals surface area contributed by atoms with Crippen LogP contribution in [0.25, 0.3) is 5.69 Å². The van der Waals surface area contributed by atoms with Gasteiger partial charge in [-0.1, -0.05) is 18.7 Å². The van der Waals surface area contributed by atoms with Crippen molar-refractivity contribution in [2.75, 3.05) is 11.6 Å². The van der Waals surface area contributed by atoms with E-state index < -0.39 is 12.1 Å². The maximum Gasteiger partial charge on any atom is 0.338 e. The van der Waals surface area contributed by atoms with E-state index in [2.05, 4.69) is 20.5 Å². The van der Waals surface area contributed by atoms with Gasteiger partial charge in [0.2, 0.25) is 0 Å². The Morgan fingerprint density at radius 1 is 1.14 bits per heavy atom. The van der Waals surface area contributed by atoms with E-state index in [4.69, 9.17) is 4.74 Å². The maximum atomic E-state index is 12.5. The molecule has 0 saturated carbocycles. The molecule has 1 unspecified atom stereocenters. The standard InChI is InChI=1S/C20H21N5O3S/c1-4-17(18(26)22-15-9-11-21-12-10-15)28-19(27)14-5-7-16(8-6-14)25-13(2)23-24-20(25)29-3/h5-12,17H,4H2,1-3H3,(H,21,22,26). The number of aryl methyl sites for hydroxylation is 1. The van der Waals surface area contributed by atoms with Gasteiger partial charge in [-0.15, -0.1) is 10.2 Å². The van der Waals surface area contributed by atoms with Gasteiger partial charge in [-0.3, -0.25) is 14.3 Å². The summed E-state index contributed by atoms with van der Waals surface area (Å²) in [6.45, 7) is 3.65. The Kier molecular flexibility index (Phi) is 6.61. The van der Waals surface area contributed by atoms with Crippen molar-refractivity contribution in [1.82, 2.24) is 19.7 Å². The topological polar surface area (TPSA) is 99.0 Å². The number of nitrogens with zero attached hydrogens (tertiary/aromatic N) is 4. The number of anilines is 1. The summed E-state index contributed by atoms with van der Waals surface area (Å²) >= 11 is 1.49. The molecule has 0 bridgehead atoms. The molecule has 2 aromatic heterocycles. The molecular formula is C20H21N5O3S. The number of nitrogens with one attached hydrogen (secondary N) is 1. The second kappa shape index (κ2) is 9.33. The van der Waals surface area contributed by atoms with E-state index in [1.165, 1.54) is 11.8 Å². The molecule has 0 aliphatic rings. The zero-order valence-corrected chi connectivity index (χ0v) is 17.1. The molecule has 0 aliphatic heterocycles. The molecule has 1 aromatic carbocycles. The molecule has 1 amide bonds. The Morgan fingerprint density at radius 2 is 1.83 bits per heavy atom. The largest absolute Gasteiger partial charge is 0.449 e. The number of carbonyl (C=O) groups is 2. The number of hydrogen-bond donors (Lipinski definition) is 1. The van der Waals surface area contributed by atoms with Crippen molar-refractivity contribution < 1.29 is 14.3 Å². The van der Waals surface area contributed by atoms with Gasteiger partial charge in [0.05, 0.1) is 5.56 Å². The first-order chi connectivity index (χ1) is 14.0. The van der Waals surface area contributed by atoms with Gasteiger partial charge in [-0.2, -0.15) is 0 Å². The molecule has 150 valence electrons. The number of aromatic nitrogens is 4. The van der Waals surface area contributed by atoms with Crippen LogP contribution in [0.4, 0.5) is 5.69 Å². The predicted octanol–water partition coefficient (Wildman–Crippen LogP) is 3.27. The quantitative estimate of drug-likeness (QED) is 0.470. The second-order valence-electron chi connectivity index (χ2n) is 6.14. The van der Waals surface area contributed by atoms with Crippen LogP contribution in [0.3, 0.4) is 0 Å². The van der Waals surface area contributed by atoms with Crippen molar-refractivity contribution >= 4 is 29.3 Å². The van der Waals surface area contributed by atoms with Crippen LogP contribution in [0, 0.1) is 6.92 Å². The Bertz CT molecular complexity index is 989. The van der Waals surface area contributed by atoms with Crippen molar-refractivity contribution in [2.45, 2.75) is 31.5 Å². The number of rotatable bonds is 7. The molecule has 0 fully saturated rings. The number of amides is 1. The van der Waals surface area contributed by atoms with Crippen LogP contribution in [-0.2, 0) is 9.53 Å². The number of carbonyl (C=O) groups excluding carboxylic acids is 2. The first-order valence-corrected chi connectivity index (χ1v) is 10.2. The number of benzene rings is 1. The van der Waals surface area contributed by atoms with Crippen molar-refractivity contribution in [1.29, 1.82) is 0 Å². The van der Waals surface area contributed by atoms with Gasteiger partial charge in [0, 0.05) is 23.8 Å². The minimum absolute atomic E-state index is 0.359. The third-order valence-electron chi connectivity index (χ3n) is 4.20. The van der Waals surface area contributed by atoms with E-state index in [9.17, 15) is 9.59 Å². The van der Waals surface area contributed by atoms with Crippen molar-refractivity contribution in [3.63, 3.8) is 0 Å². The molecule has 0 spiro atoms. The molecule has 3 rings (SSSR count). The van der Waals surface area contributed by atoms with Gasteiger partial charge in [0.25, 0.3) is 5.91 Å².